The number of carbonyl (C=O) groups is 2. The van der Waals surface area contributed by atoms with Crippen molar-refractivity contribution in [2.24, 2.45) is 0 Å². The predicted molar refractivity (Wildman–Crippen MR) is 56.4 cm³/mol. The van der Waals surface area contributed by atoms with Gasteiger partial charge in [0, 0.05) is 12.5 Å². The summed E-state index contributed by atoms with van der Waals surface area (Å²) in [6.07, 6.45) is 0.350. The van der Waals surface area contributed by atoms with E-state index in [-0.39, 0.29) is 6.07 Å². The van der Waals surface area contributed by atoms with Crippen LogP contribution in [0.4, 0.5) is 17.6 Å². The second-order valence-electron chi connectivity index (χ2n) is 3.39. The molecule has 102 valence electrons. The summed E-state index contributed by atoms with van der Waals surface area (Å²) in [6.45, 7) is 2.69. The van der Waals surface area contributed by atoms with E-state index in [1.165, 1.54) is 0 Å². The predicted octanol–water partition coefficient (Wildman–Crippen LogP) is 2.55. The van der Waals surface area contributed by atoms with E-state index in [0.717, 1.165) is 6.08 Å². The Balaban J connectivity index is 2.83. The molecular weight excluding hydrogens is 268 g/mol. The zero-order valence-electron chi connectivity index (χ0n) is 9.51. The van der Waals surface area contributed by atoms with Gasteiger partial charge < -0.3 is 4.74 Å². The largest absolute Gasteiger partial charge is 0.462 e. The Morgan fingerprint density at radius 3 is 2.37 bits per heavy atom. The number of hydrogen-bond acceptors (Lipinski definition) is 3. The number of benzene rings is 1. The smallest absolute Gasteiger partial charge is 0.330 e. The van der Waals surface area contributed by atoms with E-state index in [2.05, 4.69) is 11.3 Å². The lowest BCUT2D eigenvalue weighted by molar-refractivity contribution is -0.137. The minimum Gasteiger partial charge on any atom is -0.462 e. The summed E-state index contributed by atoms with van der Waals surface area (Å²) in [4.78, 5) is 22.1. The minimum absolute atomic E-state index is 0.255. The number of esters is 1. The molecule has 0 spiro atoms. The van der Waals surface area contributed by atoms with E-state index in [1.807, 2.05) is 0 Å². The van der Waals surface area contributed by atoms with Crippen LogP contribution in [0.2, 0.25) is 0 Å². The van der Waals surface area contributed by atoms with E-state index in [9.17, 15) is 27.2 Å². The number of ether oxygens (including phenoxy) is 1. The van der Waals surface area contributed by atoms with Crippen LogP contribution < -0.4 is 0 Å². The maximum Gasteiger partial charge on any atom is 0.330 e. The normalized spacial score (nSPS) is 10.1. The third-order valence-electron chi connectivity index (χ3n) is 2.14. The molecule has 0 bridgehead atoms. The highest BCUT2D eigenvalue weighted by Gasteiger charge is 2.22. The number of carbonyl (C=O) groups excluding carboxylic acids is 2. The SMILES string of the molecule is C=CC(=O)OCCC(=O)c1cc(F)c(F)c(F)c1F. The van der Waals surface area contributed by atoms with Crippen LogP contribution in [0.5, 0.6) is 0 Å². The lowest BCUT2D eigenvalue weighted by atomic mass is 10.1. The third kappa shape index (κ3) is 3.40. The summed E-state index contributed by atoms with van der Waals surface area (Å²) >= 11 is 0. The van der Waals surface area contributed by atoms with Crippen molar-refractivity contribution in [3.63, 3.8) is 0 Å². The maximum atomic E-state index is 13.2. The summed E-state index contributed by atoms with van der Waals surface area (Å²) in [6, 6.07) is 0.255. The topological polar surface area (TPSA) is 43.4 Å². The number of hydrogen-bond donors (Lipinski definition) is 0. The molecule has 3 nitrogen and oxygen atoms in total. The average Bonchev–Trinajstić information content (AvgIpc) is 2.39. The van der Waals surface area contributed by atoms with Crippen molar-refractivity contribution in [1.29, 1.82) is 0 Å². The first-order valence-corrected chi connectivity index (χ1v) is 5.03. The maximum absolute atomic E-state index is 13.2. The van der Waals surface area contributed by atoms with Gasteiger partial charge in [-0.25, -0.2) is 22.4 Å². The van der Waals surface area contributed by atoms with Gasteiger partial charge in [-0.2, -0.15) is 0 Å². The molecule has 0 aliphatic heterocycles. The van der Waals surface area contributed by atoms with E-state index < -0.39 is 53.6 Å². The van der Waals surface area contributed by atoms with Gasteiger partial charge in [0.25, 0.3) is 0 Å². The highest BCUT2D eigenvalue weighted by Crippen LogP contribution is 2.19. The lowest BCUT2D eigenvalue weighted by Crippen LogP contribution is -2.12. The summed E-state index contributed by atoms with van der Waals surface area (Å²) in [5.74, 6) is -9.33. The first-order chi connectivity index (χ1) is 8.88. The van der Waals surface area contributed by atoms with E-state index in [1.54, 1.807) is 0 Å². The van der Waals surface area contributed by atoms with Gasteiger partial charge in [-0.3, -0.25) is 4.79 Å². The molecule has 1 aromatic rings. The molecule has 1 rings (SSSR count). The van der Waals surface area contributed by atoms with Crippen molar-refractivity contribution >= 4 is 11.8 Å². The van der Waals surface area contributed by atoms with Crippen LogP contribution in [-0.4, -0.2) is 18.4 Å². The second kappa shape index (κ2) is 6.12. The molecule has 0 radical (unpaired) electrons. The van der Waals surface area contributed by atoms with Gasteiger partial charge in [0.2, 0.25) is 0 Å². The van der Waals surface area contributed by atoms with Gasteiger partial charge in [-0.1, -0.05) is 6.58 Å². The number of halogens is 4. The van der Waals surface area contributed by atoms with Gasteiger partial charge in [0.05, 0.1) is 12.2 Å². The Labute approximate surface area is 105 Å². The van der Waals surface area contributed by atoms with Crippen molar-refractivity contribution in [2.45, 2.75) is 6.42 Å². The fourth-order valence-electron chi connectivity index (χ4n) is 1.21. The van der Waals surface area contributed by atoms with Gasteiger partial charge in [-0.15, -0.1) is 0 Å². The summed E-state index contributed by atoms with van der Waals surface area (Å²) < 4.78 is 56.1. The molecule has 1 aromatic carbocycles. The highest BCUT2D eigenvalue weighted by molar-refractivity contribution is 5.96. The first kappa shape index (κ1) is 14.9. The lowest BCUT2D eigenvalue weighted by Gasteiger charge is -2.05. The molecule has 0 saturated carbocycles. The fourth-order valence-corrected chi connectivity index (χ4v) is 1.21. The van der Waals surface area contributed by atoms with Crippen LogP contribution in [0.25, 0.3) is 0 Å². The molecule has 7 heteroatoms. The Morgan fingerprint density at radius 2 is 1.79 bits per heavy atom. The summed E-state index contributed by atoms with van der Waals surface area (Å²) in [7, 11) is 0. The first-order valence-electron chi connectivity index (χ1n) is 5.03. The van der Waals surface area contributed by atoms with Crippen LogP contribution in [0.3, 0.4) is 0 Å². The fraction of sp³-hybridized carbons (Fsp3) is 0.167. The van der Waals surface area contributed by atoms with Gasteiger partial charge in [0.1, 0.15) is 0 Å². The zero-order valence-corrected chi connectivity index (χ0v) is 9.51. The molecule has 0 heterocycles. The molecule has 0 fully saturated rings. The number of Topliss-reactive ketones (excluding diaryl/α,β-unsaturated/α-hetero) is 1. The molecule has 0 aromatic heterocycles. The molecular formula is C12H8F4O3. The van der Waals surface area contributed by atoms with E-state index in [0.29, 0.717) is 0 Å². The monoisotopic (exact) mass is 276 g/mol. The average molecular weight is 276 g/mol. The molecule has 0 saturated heterocycles. The Morgan fingerprint density at radius 1 is 1.16 bits per heavy atom. The zero-order chi connectivity index (χ0) is 14.6. The van der Waals surface area contributed by atoms with Gasteiger partial charge in [-0.05, 0) is 6.07 Å². The highest BCUT2D eigenvalue weighted by atomic mass is 19.2. The Kier molecular flexibility index (Phi) is 4.80. The number of rotatable bonds is 5. The van der Waals surface area contributed by atoms with Crippen LogP contribution in [0.1, 0.15) is 16.8 Å². The summed E-state index contributed by atoms with van der Waals surface area (Å²) in [5.41, 5.74) is -0.939. The van der Waals surface area contributed by atoms with Crippen molar-refractivity contribution in [1.82, 2.24) is 0 Å². The minimum atomic E-state index is -2.06. The molecule has 0 aliphatic rings. The standard InChI is InChI=1S/C12H8F4O3/c1-2-9(18)19-4-3-8(17)6-5-7(13)11(15)12(16)10(6)14/h2,5H,1,3-4H2. The molecule has 0 N–H and O–H groups in total. The van der Waals surface area contributed by atoms with E-state index in [4.69, 9.17) is 0 Å². The molecule has 0 amide bonds. The second-order valence-corrected chi connectivity index (χ2v) is 3.39. The number of ketones is 1. The van der Waals surface area contributed by atoms with Crippen molar-refractivity contribution in [3.8, 4) is 0 Å². The van der Waals surface area contributed by atoms with Gasteiger partial charge in [0.15, 0.2) is 29.1 Å². The summed E-state index contributed by atoms with van der Waals surface area (Å²) in [5, 5.41) is 0. The Bertz CT molecular complexity index is 540. The van der Waals surface area contributed by atoms with Crippen LogP contribution in [0.15, 0.2) is 18.7 Å². The van der Waals surface area contributed by atoms with Crippen molar-refractivity contribution in [3.05, 3.63) is 47.6 Å². The quantitative estimate of drug-likeness (QED) is 0.207. The Hall–Kier alpha value is -2.18. The van der Waals surface area contributed by atoms with Crippen molar-refractivity contribution in [2.75, 3.05) is 6.61 Å². The van der Waals surface area contributed by atoms with E-state index >= 15 is 0 Å². The van der Waals surface area contributed by atoms with Crippen LogP contribution in [-0.2, 0) is 9.53 Å². The molecule has 0 aliphatic carbocycles. The molecule has 0 unspecified atom stereocenters. The van der Waals surface area contributed by atoms with Crippen LogP contribution >= 0.6 is 0 Å². The third-order valence-corrected chi connectivity index (χ3v) is 2.14. The van der Waals surface area contributed by atoms with Crippen molar-refractivity contribution < 1.29 is 31.9 Å². The molecule has 0 atom stereocenters. The molecule has 19 heavy (non-hydrogen) atoms. The van der Waals surface area contributed by atoms with Crippen LogP contribution in [0, 0.1) is 23.3 Å². The van der Waals surface area contributed by atoms with Gasteiger partial charge >= 0.3 is 5.97 Å².